The molecule has 10 heteroatoms. The average Bonchev–Trinajstić information content (AvgIpc) is 3.19. The summed E-state index contributed by atoms with van der Waals surface area (Å²) in [6.45, 7) is 24.3. The molecule has 0 radical (unpaired) electrons. The van der Waals surface area contributed by atoms with E-state index in [0.717, 1.165) is 115 Å². The number of aliphatic hydroxyl groups excluding tert-OH is 2. The molecule has 0 aromatic heterocycles. The molecule has 0 bridgehead atoms. The zero-order valence-corrected chi connectivity index (χ0v) is 40.8. The van der Waals surface area contributed by atoms with Gasteiger partial charge in [-0.2, -0.15) is 0 Å². The maximum Gasteiger partial charge on any atom is 0.305 e. The van der Waals surface area contributed by atoms with E-state index in [0.29, 0.717) is 83.7 Å². The average molecular weight is 860 g/mol. The molecule has 0 aromatic rings. The molecular formula is C50H101NO9. The van der Waals surface area contributed by atoms with Gasteiger partial charge in [-0.1, -0.05) is 132 Å². The highest BCUT2D eigenvalue weighted by atomic mass is 16.7. The lowest BCUT2D eigenvalue weighted by atomic mass is 9.97. The first-order chi connectivity index (χ1) is 29.0. The van der Waals surface area contributed by atoms with Crippen LogP contribution in [0.2, 0.25) is 0 Å². The third-order valence-electron chi connectivity index (χ3n) is 11.4. The Morgan fingerprint density at radius 2 is 0.933 bits per heavy atom. The highest BCUT2D eigenvalue weighted by Crippen LogP contribution is 2.19. The van der Waals surface area contributed by atoms with Crippen molar-refractivity contribution in [3.05, 3.63) is 0 Å². The first-order valence-corrected chi connectivity index (χ1v) is 25.2. The van der Waals surface area contributed by atoms with Gasteiger partial charge in [0.1, 0.15) is 0 Å². The Kier molecular flexibility index (Phi) is 42.8. The van der Waals surface area contributed by atoms with Crippen LogP contribution in [0.15, 0.2) is 0 Å². The summed E-state index contributed by atoms with van der Waals surface area (Å²) in [5.74, 6) is 2.66. The minimum atomic E-state index is -0.778. The van der Waals surface area contributed by atoms with Crippen molar-refractivity contribution in [2.24, 2.45) is 23.7 Å². The van der Waals surface area contributed by atoms with Gasteiger partial charge in [0.05, 0.1) is 19.8 Å². The Labute approximate surface area is 371 Å². The number of aliphatic hydroxyl groups is 2. The second-order valence-corrected chi connectivity index (χ2v) is 18.5. The number of rotatable bonds is 47. The molecule has 0 aliphatic rings. The van der Waals surface area contributed by atoms with Crippen LogP contribution >= 0.6 is 0 Å². The van der Waals surface area contributed by atoms with E-state index in [9.17, 15) is 15.0 Å². The molecule has 0 rings (SSSR count). The Morgan fingerprint density at radius 1 is 0.467 bits per heavy atom. The molecular weight excluding hydrogens is 759 g/mol. The van der Waals surface area contributed by atoms with Crippen molar-refractivity contribution in [2.45, 2.75) is 228 Å². The van der Waals surface area contributed by atoms with Crippen molar-refractivity contribution < 1.29 is 43.4 Å². The predicted octanol–water partition coefficient (Wildman–Crippen LogP) is 11.9. The van der Waals surface area contributed by atoms with Crippen molar-refractivity contribution in [1.82, 2.24) is 4.90 Å². The van der Waals surface area contributed by atoms with Crippen molar-refractivity contribution in [3.63, 3.8) is 0 Å². The SMILES string of the molecule is CCCCOC(CCOC(=O)CCCCCCCN(CCO)CCCCCC(O)OCCC(OCCC(C)CCCC(C)C)OCCC(C)CCCC(C)C)OCCCC. The Balaban J connectivity index is 4.28. The van der Waals surface area contributed by atoms with Gasteiger partial charge in [0.15, 0.2) is 18.9 Å². The molecule has 0 spiro atoms. The van der Waals surface area contributed by atoms with Gasteiger partial charge >= 0.3 is 5.97 Å². The number of hydrogen-bond donors (Lipinski definition) is 2. The number of esters is 1. The normalized spacial score (nSPS) is 14.2. The number of ether oxygens (including phenoxy) is 6. The quantitative estimate of drug-likeness (QED) is 0.0348. The van der Waals surface area contributed by atoms with E-state index in [4.69, 9.17) is 28.4 Å². The molecule has 60 heavy (non-hydrogen) atoms. The molecule has 0 saturated heterocycles. The van der Waals surface area contributed by atoms with E-state index in [1.165, 1.54) is 38.5 Å². The smallest absolute Gasteiger partial charge is 0.305 e. The highest BCUT2D eigenvalue weighted by Gasteiger charge is 2.15. The number of hydrogen-bond acceptors (Lipinski definition) is 10. The van der Waals surface area contributed by atoms with Crippen molar-refractivity contribution in [2.75, 3.05) is 65.9 Å². The van der Waals surface area contributed by atoms with Crippen molar-refractivity contribution in [3.8, 4) is 0 Å². The molecule has 360 valence electrons. The summed E-state index contributed by atoms with van der Waals surface area (Å²) < 4.78 is 35.4. The topological polar surface area (TPSA) is 116 Å². The molecule has 3 atom stereocenters. The van der Waals surface area contributed by atoms with Crippen molar-refractivity contribution >= 4 is 5.97 Å². The van der Waals surface area contributed by atoms with Crippen LogP contribution in [-0.2, 0) is 33.2 Å². The largest absolute Gasteiger partial charge is 0.465 e. The van der Waals surface area contributed by atoms with Gasteiger partial charge in [-0.15, -0.1) is 0 Å². The molecule has 0 aliphatic carbocycles. The Bertz CT molecular complexity index is 858. The fourth-order valence-corrected chi connectivity index (χ4v) is 7.15. The summed E-state index contributed by atoms with van der Waals surface area (Å²) in [6, 6.07) is 0. The van der Waals surface area contributed by atoms with E-state index in [1.807, 2.05) is 0 Å². The van der Waals surface area contributed by atoms with Gasteiger partial charge in [0, 0.05) is 52.2 Å². The number of carbonyl (C=O) groups excluding carboxylic acids is 1. The zero-order chi connectivity index (χ0) is 44.5. The summed E-state index contributed by atoms with van der Waals surface area (Å²) in [7, 11) is 0. The third-order valence-corrected chi connectivity index (χ3v) is 11.4. The first-order valence-electron chi connectivity index (χ1n) is 25.2. The van der Waals surface area contributed by atoms with E-state index >= 15 is 0 Å². The third kappa shape index (κ3) is 41.2. The Hall–Kier alpha value is -0.850. The van der Waals surface area contributed by atoms with Gasteiger partial charge in [-0.3, -0.25) is 4.79 Å². The molecule has 2 N–H and O–H groups in total. The summed E-state index contributed by atoms with van der Waals surface area (Å²) in [6.07, 6.45) is 22.8. The van der Waals surface area contributed by atoms with Crippen LogP contribution in [0.5, 0.6) is 0 Å². The molecule has 10 nitrogen and oxygen atoms in total. The predicted molar refractivity (Wildman–Crippen MR) is 248 cm³/mol. The van der Waals surface area contributed by atoms with Gasteiger partial charge in [0.25, 0.3) is 0 Å². The molecule has 0 amide bonds. The van der Waals surface area contributed by atoms with E-state index in [-0.39, 0.29) is 25.2 Å². The lowest BCUT2D eigenvalue weighted by molar-refractivity contribution is -0.171. The van der Waals surface area contributed by atoms with Gasteiger partial charge in [-0.25, -0.2) is 0 Å². The maximum absolute atomic E-state index is 12.3. The minimum Gasteiger partial charge on any atom is -0.465 e. The standard InChI is InChI=1S/C50H101NO9/c1-9-11-37-57-49(58-38-12-10-2)31-41-55-47(53)27-17-14-13-15-19-33-51(35-36-52)34-20-16-18-28-48(54)56-42-32-50(59-39-29-45(7)25-21-23-43(3)4)60-40-30-46(8)26-22-24-44(5)6/h43-46,48-50,52,54H,9-42H2,1-8H3. The fraction of sp³-hybridized carbons (Fsp3) is 0.980. The number of nitrogens with zero attached hydrogens (tertiary/aromatic N) is 1. The Morgan fingerprint density at radius 3 is 1.45 bits per heavy atom. The lowest BCUT2D eigenvalue weighted by Crippen LogP contribution is -2.29. The van der Waals surface area contributed by atoms with Crippen molar-refractivity contribution in [1.29, 1.82) is 0 Å². The monoisotopic (exact) mass is 860 g/mol. The second kappa shape index (κ2) is 43.4. The molecule has 0 fully saturated rings. The zero-order valence-electron chi connectivity index (χ0n) is 40.8. The molecule has 0 aliphatic heterocycles. The van der Waals surface area contributed by atoms with Gasteiger partial charge < -0.3 is 43.5 Å². The summed E-state index contributed by atoms with van der Waals surface area (Å²) in [4.78, 5) is 14.6. The second-order valence-electron chi connectivity index (χ2n) is 18.5. The van der Waals surface area contributed by atoms with E-state index < -0.39 is 6.29 Å². The van der Waals surface area contributed by atoms with Crippen LogP contribution < -0.4 is 0 Å². The molecule has 0 saturated carbocycles. The lowest BCUT2D eigenvalue weighted by Gasteiger charge is -2.22. The van der Waals surface area contributed by atoms with Crippen LogP contribution in [0, 0.1) is 23.7 Å². The first kappa shape index (κ1) is 59.1. The summed E-state index contributed by atoms with van der Waals surface area (Å²) >= 11 is 0. The molecule has 3 unspecified atom stereocenters. The number of unbranched alkanes of at least 4 members (excludes halogenated alkanes) is 8. The summed E-state index contributed by atoms with van der Waals surface area (Å²) in [5.41, 5.74) is 0. The van der Waals surface area contributed by atoms with Crippen LogP contribution in [0.4, 0.5) is 0 Å². The fourth-order valence-electron chi connectivity index (χ4n) is 7.15. The molecule has 0 aromatic carbocycles. The van der Waals surface area contributed by atoms with Crippen LogP contribution in [0.25, 0.3) is 0 Å². The number of carbonyl (C=O) groups is 1. The highest BCUT2D eigenvalue weighted by molar-refractivity contribution is 5.69. The van der Waals surface area contributed by atoms with E-state index in [1.54, 1.807) is 0 Å². The van der Waals surface area contributed by atoms with Gasteiger partial charge in [0.2, 0.25) is 0 Å². The van der Waals surface area contributed by atoms with Crippen LogP contribution in [0.1, 0.15) is 209 Å². The maximum atomic E-state index is 12.3. The molecule has 0 heterocycles. The van der Waals surface area contributed by atoms with Gasteiger partial charge in [-0.05, 0) is 94.5 Å². The minimum absolute atomic E-state index is 0.140. The summed E-state index contributed by atoms with van der Waals surface area (Å²) in [5, 5.41) is 20.2. The van der Waals surface area contributed by atoms with Crippen LogP contribution in [-0.4, -0.2) is 106 Å². The van der Waals surface area contributed by atoms with Crippen LogP contribution in [0.3, 0.4) is 0 Å². The van der Waals surface area contributed by atoms with E-state index in [2.05, 4.69) is 60.3 Å².